The zero-order valence-corrected chi connectivity index (χ0v) is 15.5. The number of rotatable bonds is 6. The molecule has 0 spiro atoms. The first-order valence-corrected chi connectivity index (χ1v) is 8.94. The second-order valence-corrected chi connectivity index (χ2v) is 7.09. The Kier molecular flexibility index (Phi) is 5.48. The molecule has 0 unspecified atom stereocenters. The maximum atomic E-state index is 12.8. The standard InChI is InChI=1S/C19H19BrN2O3/c1-25-19(24)15-6-4-14(5-7-15)12-22(11-13-2-3-13)18(23)17-9-8-16(20)10-21-17/h4-10,13H,2-3,11-12H2,1H3. The summed E-state index contributed by atoms with van der Waals surface area (Å²) in [5.41, 5.74) is 1.91. The zero-order valence-electron chi connectivity index (χ0n) is 13.9. The summed E-state index contributed by atoms with van der Waals surface area (Å²) in [6.45, 7) is 1.23. The van der Waals surface area contributed by atoms with E-state index >= 15 is 0 Å². The molecular formula is C19H19BrN2O3. The number of carbonyl (C=O) groups is 2. The molecule has 1 aliphatic rings. The number of ether oxygens (including phenoxy) is 1. The van der Waals surface area contributed by atoms with Crippen molar-refractivity contribution < 1.29 is 14.3 Å². The average Bonchev–Trinajstić information content (AvgIpc) is 3.45. The number of hydrogen-bond donors (Lipinski definition) is 0. The SMILES string of the molecule is COC(=O)c1ccc(CN(CC2CC2)C(=O)c2ccc(Br)cn2)cc1. The molecule has 0 bridgehead atoms. The van der Waals surface area contributed by atoms with Crippen LogP contribution in [0.3, 0.4) is 0 Å². The van der Waals surface area contributed by atoms with Gasteiger partial charge in [-0.1, -0.05) is 12.1 Å². The zero-order chi connectivity index (χ0) is 17.8. The van der Waals surface area contributed by atoms with Gasteiger partial charge in [-0.2, -0.15) is 0 Å². The van der Waals surface area contributed by atoms with Crippen LogP contribution in [-0.2, 0) is 11.3 Å². The van der Waals surface area contributed by atoms with E-state index in [0.29, 0.717) is 23.7 Å². The van der Waals surface area contributed by atoms with Gasteiger partial charge in [0.15, 0.2) is 0 Å². The van der Waals surface area contributed by atoms with Crippen molar-refractivity contribution in [3.8, 4) is 0 Å². The normalized spacial score (nSPS) is 13.4. The fourth-order valence-corrected chi connectivity index (χ4v) is 2.81. The topological polar surface area (TPSA) is 59.5 Å². The Morgan fingerprint density at radius 3 is 2.48 bits per heavy atom. The summed E-state index contributed by atoms with van der Waals surface area (Å²) < 4.78 is 5.55. The molecule has 3 rings (SSSR count). The third-order valence-corrected chi connectivity index (χ3v) is 4.63. The molecule has 25 heavy (non-hydrogen) atoms. The maximum Gasteiger partial charge on any atom is 0.337 e. The Morgan fingerprint density at radius 1 is 1.20 bits per heavy atom. The van der Waals surface area contributed by atoms with Gasteiger partial charge in [-0.3, -0.25) is 4.79 Å². The van der Waals surface area contributed by atoms with E-state index in [0.717, 1.165) is 16.6 Å². The molecule has 1 saturated carbocycles. The highest BCUT2D eigenvalue weighted by molar-refractivity contribution is 9.10. The van der Waals surface area contributed by atoms with Crippen molar-refractivity contribution in [1.82, 2.24) is 9.88 Å². The van der Waals surface area contributed by atoms with E-state index in [1.807, 2.05) is 23.1 Å². The van der Waals surface area contributed by atoms with E-state index in [-0.39, 0.29) is 11.9 Å². The van der Waals surface area contributed by atoms with Gasteiger partial charge in [0.25, 0.3) is 5.91 Å². The molecule has 0 N–H and O–H groups in total. The predicted molar refractivity (Wildman–Crippen MR) is 97.2 cm³/mol. The fraction of sp³-hybridized carbons (Fsp3) is 0.316. The van der Waals surface area contributed by atoms with Crippen LogP contribution >= 0.6 is 15.9 Å². The van der Waals surface area contributed by atoms with Crippen LogP contribution in [0.2, 0.25) is 0 Å². The fourth-order valence-electron chi connectivity index (χ4n) is 2.58. The molecule has 1 aromatic heterocycles. The van der Waals surface area contributed by atoms with Crippen LogP contribution in [-0.4, -0.2) is 35.4 Å². The molecule has 5 nitrogen and oxygen atoms in total. The minimum absolute atomic E-state index is 0.0727. The van der Waals surface area contributed by atoms with E-state index in [4.69, 9.17) is 4.74 Å². The molecule has 0 radical (unpaired) electrons. The highest BCUT2D eigenvalue weighted by Crippen LogP contribution is 2.30. The van der Waals surface area contributed by atoms with Gasteiger partial charge in [-0.25, -0.2) is 9.78 Å². The number of benzene rings is 1. The van der Waals surface area contributed by atoms with E-state index < -0.39 is 0 Å². The van der Waals surface area contributed by atoms with Gasteiger partial charge in [0.2, 0.25) is 0 Å². The number of esters is 1. The summed E-state index contributed by atoms with van der Waals surface area (Å²) in [6, 6.07) is 10.7. The number of halogens is 1. The predicted octanol–water partition coefficient (Wildman–Crippen LogP) is 3.68. The summed E-state index contributed by atoms with van der Waals surface area (Å²) in [4.78, 5) is 30.4. The van der Waals surface area contributed by atoms with Crippen molar-refractivity contribution in [2.45, 2.75) is 19.4 Å². The number of amides is 1. The van der Waals surface area contributed by atoms with E-state index in [1.165, 1.54) is 20.0 Å². The van der Waals surface area contributed by atoms with Crippen LogP contribution in [0.1, 0.15) is 39.3 Å². The Bertz CT molecular complexity index is 755. The molecule has 0 saturated heterocycles. The number of carbonyl (C=O) groups excluding carboxylic acids is 2. The minimum atomic E-state index is -0.364. The van der Waals surface area contributed by atoms with Crippen molar-refractivity contribution in [1.29, 1.82) is 0 Å². The van der Waals surface area contributed by atoms with Crippen LogP contribution < -0.4 is 0 Å². The number of pyridine rings is 1. The van der Waals surface area contributed by atoms with Crippen molar-refractivity contribution >= 4 is 27.8 Å². The molecule has 130 valence electrons. The van der Waals surface area contributed by atoms with E-state index in [9.17, 15) is 9.59 Å². The molecule has 0 aliphatic heterocycles. The van der Waals surface area contributed by atoms with Crippen LogP contribution in [0.4, 0.5) is 0 Å². The highest BCUT2D eigenvalue weighted by atomic mass is 79.9. The number of nitrogens with zero attached hydrogens (tertiary/aromatic N) is 2. The van der Waals surface area contributed by atoms with Crippen molar-refractivity contribution in [2.75, 3.05) is 13.7 Å². The molecular weight excluding hydrogens is 384 g/mol. The highest BCUT2D eigenvalue weighted by Gasteiger charge is 2.28. The molecule has 1 amide bonds. The van der Waals surface area contributed by atoms with Gasteiger partial charge in [-0.15, -0.1) is 0 Å². The third kappa shape index (κ3) is 4.66. The molecule has 1 aliphatic carbocycles. The lowest BCUT2D eigenvalue weighted by atomic mass is 10.1. The number of aromatic nitrogens is 1. The van der Waals surface area contributed by atoms with Gasteiger partial charge in [-0.05, 0) is 64.5 Å². The molecule has 6 heteroatoms. The summed E-state index contributed by atoms with van der Waals surface area (Å²) in [6.07, 6.45) is 3.96. The number of hydrogen-bond acceptors (Lipinski definition) is 4. The van der Waals surface area contributed by atoms with Crippen molar-refractivity contribution in [3.63, 3.8) is 0 Å². The minimum Gasteiger partial charge on any atom is -0.465 e. The third-order valence-electron chi connectivity index (χ3n) is 4.16. The number of methoxy groups -OCH3 is 1. The van der Waals surface area contributed by atoms with Gasteiger partial charge in [0.05, 0.1) is 12.7 Å². The van der Waals surface area contributed by atoms with Gasteiger partial charge >= 0.3 is 5.97 Å². The Morgan fingerprint density at radius 2 is 1.92 bits per heavy atom. The van der Waals surface area contributed by atoms with Crippen molar-refractivity contribution in [3.05, 3.63) is 63.9 Å². The molecule has 0 atom stereocenters. The Hall–Kier alpha value is -2.21. The van der Waals surface area contributed by atoms with Crippen molar-refractivity contribution in [2.24, 2.45) is 5.92 Å². The second kappa shape index (κ2) is 7.78. The lowest BCUT2D eigenvalue weighted by Gasteiger charge is -2.22. The smallest absolute Gasteiger partial charge is 0.337 e. The summed E-state index contributed by atoms with van der Waals surface area (Å²) in [5, 5.41) is 0. The summed E-state index contributed by atoms with van der Waals surface area (Å²) in [7, 11) is 1.36. The Labute approximate surface area is 155 Å². The molecule has 1 fully saturated rings. The maximum absolute atomic E-state index is 12.8. The molecule has 1 heterocycles. The molecule has 1 aromatic carbocycles. The largest absolute Gasteiger partial charge is 0.465 e. The van der Waals surface area contributed by atoms with Crippen LogP contribution in [0.25, 0.3) is 0 Å². The first-order chi connectivity index (χ1) is 12.1. The van der Waals surface area contributed by atoms with Gasteiger partial charge < -0.3 is 9.64 Å². The first-order valence-electron chi connectivity index (χ1n) is 8.15. The van der Waals surface area contributed by atoms with Crippen LogP contribution in [0.5, 0.6) is 0 Å². The van der Waals surface area contributed by atoms with E-state index in [2.05, 4.69) is 20.9 Å². The monoisotopic (exact) mass is 402 g/mol. The summed E-state index contributed by atoms with van der Waals surface area (Å²) >= 11 is 3.33. The van der Waals surface area contributed by atoms with Gasteiger partial charge in [0, 0.05) is 23.8 Å². The van der Waals surface area contributed by atoms with Gasteiger partial charge in [0.1, 0.15) is 5.69 Å². The first kappa shape index (κ1) is 17.6. The Balaban J connectivity index is 1.75. The lowest BCUT2D eigenvalue weighted by molar-refractivity contribution is 0.0600. The average molecular weight is 403 g/mol. The second-order valence-electron chi connectivity index (χ2n) is 6.18. The van der Waals surface area contributed by atoms with Crippen LogP contribution in [0.15, 0.2) is 47.1 Å². The van der Waals surface area contributed by atoms with E-state index in [1.54, 1.807) is 24.4 Å². The van der Waals surface area contributed by atoms with Crippen LogP contribution in [0, 0.1) is 5.92 Å². The lowest BCUT2D eigenvalue weighted by Crippen LogP contribution is -2.33. The molecule has 2 aromatic rings. The quantitative estimate of drug-likeness (QED) is 0.691. The summed E-state index contributed by atoms with van der Waals surface area (Å²) in [5.74, 6) is 0.140.